The van der Waals surface area contributed by atoms with Crippen molar-refractivity contribution in [3.63, 3.8) is 0 Å². The van der Waals surface area contributed by atoms with Crippen LogP contribution >= 0.6 is 11.3 Å². The number of amides is 1. The van der Waals surface area contributed by atoms with Crippen molar-refractivity contribution in [2.45, 2.75) is 6.92 Å². The Morgan fingerprint density at radius 3 is 2.39 bits per heavy atom. The summed E-state index contributed by atoms with van der Waals surface area (Å²) in [6.07, 6.45) is 1.97. The zero-order valence-corrected chi connectivity index (χ0v) is 18.4. The Balaban J connectivity index is 1.30. The number of rotatable bonds is 4. The molecule has 0 bridgehead atoms. The maximum absolute atomic E-state index is 13.2. The first-order valence-electron chi connectivity index (χ1n) is 10.3. The summed E-state index contributed by atoms with van der Waals surface area (Å²) in [6, 6.07) is 16.4. The fraction of sp³-hybridized carbons (Fsp3) is 0.250. The van der Waals surface area contributed by atoms with E-state index in [1.807, 2.05) is 33.0 Å². The van der Waals surface area contributed by atoms with E-state index in [1.54, 1.807) is 7.11 Å². The lowest BCUT2D eigenvalue weighted by Gasteiger charge is -2.36. The Morgan fingerprint density at radius 2 is 1.71 bits per heavy atom. The summed E-state index contributed by atoms with van der Waals surface area (Å²) in [5.41, 5.74) is 5.01. The number of aromatic nitrogens is 2. The highest BCUT2D eigenvalue weighted by Crippen LogP contribution is 2.26. The van der Waals surface area contributed by atoms with Gasteiger partial charge in [-0.3, -0.25) is 9.20 Å². The number of carbonyl (C=O) groups is 1. The van der Waals surface area contributed by atoms with Crippen LogP contribution in [0.2, 0.25) is 0 Å². The van der Waals surface area contributed by atoms with Gasteiger partial charge in [-0.05, 0) is 31.2 Å². The van der Waals surface area contributed by atoms with E-state index in [9.17, 15) is 4.79 Å². The number of aryl methyl sites for hydroxylation is 1. The highest BCUT2D eigenvalue weighted by molar-refractivity contribution is 7.15. The molecule has 1 saturated heterocycles. The highest BCUT2D eigenvalue weighted by Gasteiger charge is 2.25. The van der Waals surface area contributed by atoms with E-state index < -0.39 is 0 Å². The monoisotopic (exact) mass is 432 g/mol. The maximum atomic E-state index is 13.2. The first-order chi connectivity index (χ1) is 15.1. The van der Waals surface area contributed by atoms with Crippen LogP contribution in [-0.4, -0.2) is 53.5 Å². The Morgan fingerprint density at radius 1 is 1.00 bits per heavy atom. The number of nitrogens with zero attached hydrogens (tertiary/aromatic N) is 4. The molecule has 0 radical (unpaired) electrons. The molecule has 1 aliphatic heterocycles. The second-order valence-corrected chi connectivity index (χ2v) is 8.58. The van der Waals surface area contributed by atoms with Gasteiger partial charge in [-0.1, -0.05) is 29.8 Å². The van der Waals surface area contributed by atoms with Gasteiger partial charge in [-0.2, -0.15) is 0 Å². The smallest absolute Gasteiger partial charge is 0.271 e. The average molecular weight is 433 g/mol. The zero-order valence-electron chi connectivity index (χ0n) is 17.6. The van der Waals surface area contributed by atoms with Gasteiger partial charge >= 0.3 is 0 Å². The number of hydrogen-bond donors (Lipinski definition) is 0. The summed E-state index contributed by atoms with van der Waals surface area (Å²) in [6.45, 7) is 5.08. The molecule has 1 amide bonds. The van der Waals surface area contributed by atoms with E-state index in [1.165, 1.54) is 16.9 Å². The summed E-state index contributed by atoms with van der Waals surface area (Å²) in [5.74, 6) is 0.915. The Hall–Kier alpha value is -3.32. The van der Waals surface area contributed by atoms with Crippen molar-refractivity contribution in [3.05, 3.63) is 71.4 Å². The van der Waals surface area contributed by atoms with Gasteiger partial charge in [0.05, 0.1) is 12.8 Å². The van der Waals surface area contributed by atoms with Gasteiger partial charge in [0.1, 0.15) is 11.4 Å². The number of piperazine rings is 1. The molecule has 7 heteroatoms. The van der Waals surface area contributed by atoms with E-state index in [4.69, 9.17) is 9.72 Å². The predicted molar refractivity (Wildman–Crippen MR) is 124 cm³/mol. The number of hydrogen-bond acceptors (Lipinski definition) is 5. The van der Waals surface area contributed by atoms with Crippen molar-refractivity contribution in [2.75, 3.05) is 38.2 Å². The van der Waals surface area contributed by atoms with Gasteiger partial charge in [0, 0.05) is 49.0 Å². The minimum atomic E-state index is 0.0634. The summed E-state index contributed by atoms with van der Waals surface area (Å²) in [7, 11) is 1.67. The van der Waals surface area contributed by atoms with Crippen molar-refractivity contribution in [3.8, 4) is 17.0 Å². The highest BCUT2D eigenvalue weighted by atomic mass is 32.1. The molecule has 0 spiro atoms. The second kappa shape index (κ2) is 8.07. The molecule has 0 atom stereocenters. The molecular weight excluding hydrogens is 408 g/mol. The van der Waals surface area contributed by atoms with E-state index >= 15 is 0 Å². The van der Waals surface area contributed by atoms with Crippen LogP contribution in [0.25, 0.3) is 16.2 Å². The fourth-order valence-corrected chi connectivity index (χ4v) is 4.77. The molecule has 4 aromatic rings. The van der Waals surface area contributed by atoms with Crippen LogP contribution in [0, 0.1) is 6.92 Å². The van der Waals surface area contributed by atoms with Crippen LogP contribution in [0.3, 0.4) is 0 Å². The summed E-state index contributed by atoms with van der Waals surface area (Å²) < 4.78 is 7.17. The van der Waals surface area contributed by atoms with Crippen LogP contribution < -0.4 is 9.64 Å². The number of imidazole rings is 1. The van der Waals surface area contributed by atoms with Gasteiger partial charge < -0.3 is 14.5 Å². The molecule has 3 heterocycles. The van der Waals surface area contributed by atoms with Crippen molar-refractivity contribution in [1.29, 1.82) is 0 Å². The minimum Gasteiger partial charge on any atom is -0.497 e. The molecule has 2 aromatic heterocycles. The van der Waals surface area contributed by atoms with E-state index in [2.05, 4.69) is 48.2 Å². The number of benzene rings is 2. The van der Waals surface area contributed by atoms with Gasteiger partial charge in [0.2, 0.25) is 0 Å². The Kier molecular flexibility index (Phi) is 5.11. The van der Waals surface area contributed by atoms with Crippen molar-refractivity contribution >= 4 is 27.9 Å². The molecule has 2 aromatic carbocycles. The molecule has 0 aliphatic carbocycles. The largest absolute Gasteiger partial charge is 0.497 e. The topological polar surface area (TPSA) is 50.1 Å². The number of thiazole rings is 1. The van der Waals surface area contributed by atoms with Gasteiger partial charge in [-0.25, -0.2) is 4.98 Å². The van der Waals surface area contributed by atoms with Crippen molar-refractivity contribution in [1.82, 2.24) is 14.3 Å². The van der Waals surface area contributed by atoms with E-state index in [-0.39, 0.29) is 5.91 Å². The average Bonchev–Trinajstić information content (AvgIpc) is 3.40. The maximum Gasteiger partial charge on any atom is 0.271 e. The van der Waals surface area contributed by atoms with Crippen molar-refractivity contribution < 1.29 is 9.53 Å². The van der Waals surface area contributed by atoms with Crippen LogP contribution in [0.4, 0.5) is 5.69 Å². The van der Waals surface area contributed by atoms with Crippen LogP contribution in [0.15, 0.2) is 60.1 Å². The molecule has 0 saturated carbocycles. The van der Waals surface area contributed by atoms with Crippen LogP contribution in [-0.2, 0) is 0 Å². The first kappa shape index (κ1) is 19.6. The standard InChI is InChI=1S/C24H24N4O2S/c1-17-3-5-18(6-4-17)21-15-28-22(16-31-24(28)25-21)23(29)27-13-11-26(12-14-27)19-7-9-20(30-2)10-8-19/h3-10,15-16H,11-14H2,1-2H3. The number of methoxy groups -OCH3 is 1. The minimum absolute atomic E-state index is 0.0634. The van der Waals surface area contributed by atoms with Crippen LogP contribution in [0.5, 0.6) is 5.75 Å². The van der Waals surface area contributed by atoms with Gasteiger partial charge in [-0.15, -0.1) is 11.3 Å². The van der Waals surface area contributed by atoms with Crippen LogP contribution in [0.1, 0.15) is 16.1 Å². The quantitative estimate of drug-likeness (QED) is 0.481. The van der Waals surface area contributed by atoms with Crippen molar-refractivity contribution in [2.24, 2.45) is 0 Å². The fourth-order valence-electron chi connectivity index (χ4n) is 3.92. The lowest BCUT2D eigenvalue weighted by Crippen LogP contribution is -2.49. The molecule has 0 N–H and O–H groups in total. The third kappa shape index (κ3) is 3.77. The summed E-state index contributed by atoms with van der Waals surface area (Å²) >= 11 is 1.51. The SMILES string of the molecule is COc1ccc(N2CCN(C(=O)c3csc4nc(-c5ccc(C)cc5)cn34)CC2)cc1. The van der Waals surface area contributed by atoms with E-state index in [0.29, 0.717) is 18.8 Å². The summed E-state index contributed by atoms with van der Waals surface area (Å²) in [4.78, 5) is 23.0. The summed E-state index contributed by atoms with van der Waals surface area (Å²) in [5, 5.41) is 1.92. The van der Waals surface area contributed by atoms with E-state index in [0.717, 1.165) is 40.7 Å². The third-order valence-corrected chi connectivity index (χ3v) is 6.62. The number of anilines is 1. The second-order valence-electron chi connectivity index (χ2n) is 7.74. The number of ether oxygens (including phenoxy) is 1. The molecule has 0 unspecified atom stereocenters. The zero-order chi connectivity index (χ0) is 21.4. The predicted octanol–water partition coefficient (Wildman–Crippen LogP) is 4.34. The lowest BCUT2D eigenvalue weighted by atomic mass is 10.1. The molecule has 6 nitrogen and oxygen atoms in total. The Labute approximate surface area is 185 Å². The molecular formula is C24H24N4O2S. The van der Waals surface area contributed by atoms with Gasteiger partial charge in [0.25, 0.3) is 5.91 Å². The molecule has 5 rings (SSSR count). The molecule has 158 valence electrons. The molecule has 1 fully saturated rings. The number of carbonyl (C=O) groups excluding carboxylic acids is 1. The third-order valence-electron chi connectivity index (χ3n) is 5.78. The lowest BCUT2D eigenvalue weighted by molar-refractivity contribution is 0.0740. The Bertz CT molecular complexity index is 1200. The van der Waals surface area contributed by atoms with Gasteiger partial charge in [0.15, 0.2) is 4.96 Å². The normalized spacial score (nSPS) is 14.3. The molecule has 1 aliphatic rings. The molecule has 31 heavy (non-hydrogen) atoms. The number of fused-ring (bicyclic) bond motifs is 1. The first-order valence-corrected chi connectivity index (χ1v) is 11.2.